The summed E-state index contributed by atoms with van der Waals surface area (Å²) in [6.45, 7) is 4.50. The van der Waals surface area contributed by atoms with Crippen LogP contribution in [0.25, 0.3) is 0 Å². The van der Waals surface area contributed by atoms with E-state index >= 15 is 0 Å². The second-order valence-electron chi connectivity index (χ2n) is 4.25. The highest BCUT2D eigenvalue weighted by Crippen LogP contribution is 2.24. The number of H-pyrrole nitrogens is 1. The van der Waals surface area contributed by atoms with Gasteiger partial charge in [0.25, 0.3) is 5.91 Å². The summed E-state index contributed by atoms with van der Waals surface area (Å²) in [6, 6.07) is 1.48. The standard InChI is InChI=1S/C11H20N4O2/c1-3-11(4-2,7-16)6-13-10(17)8-5-9(12)15-14-8/h5,16H,3-4,6-7H2,1-2H3,(H,13,17)(H3,12,14,15). The number of hydrogen-bond acceptors (Lipinski definition) is 4. The minimum Gasteiger partial charge on any atom is -0.396 e. The van der Waals surface area contributed by atoms with E-state index in [2.05, 4.69) is 15.5 Å². The summed E-state index contributed by atoms with van der Waals surface area (Å²) < 4.78 is 0. The minimum atomic E-state index is -0.256. The summed E-state index contributed by atoms with van der Waals surface area (Å²) in [5.41, 5.74) is 5.50. The van der Waals surface area contributed by atoms with Gasteiger partial charge in [-0.3, -0.25) is 9.89 Å². The zero-order chi connectivity index (χ0) is 12.9. The average molecular weight is 240 g/mol. The van der Waals surface area contributed by atoms with E-state index in [-0.39, 0.29) is 23.7 Å². The number of hydrogen-bond donors (Lipinski definition) is 4. The Morgan fingerprint density at radius 3 is 2.65 bits per heavy atom. The number of rotatable bonds is 6. The molecule has 0 fully saturated rings. The van der Waals surface area contributed by atoms with E-state index in [1.54, 1.807) is 0 Å². The molecular weight excluding hydrogens is 220 g/mol. The number of aliphatic hydroxyl groups is 1. The second-order valence-corrected chi connectivity index (χ2v) is 4.25. The van der Waals surface area contributed by atoms with Crippen molar-refractivity contribution in [1.29, 1.82) is 0 Å². The van der Waals surface area contributed by atoms with Gasteiger partial charge in [0.15, 0.2) is 0 Å². The molecule has 1 heterocycles. The smallest absolute Gasteiger partial charge is 0.269 e. The van der Waals surface area contributed by atoms with Crippen LogP contribution in [0.3, 0.4) is 0 Å². The van der Waals surface area contributed by atoms with Gasteiger partial charge in [-0.05, 0) is 12.8 Å². The fourth-order valence-electron chi connectivity index (χ4n) is 1.60. The molecule has 6 heteroatoms. The molecule has 0 radical (unpaired) electrons. The summed E-state index contributed by atoms with van der Waals surface area (Å²) in [5, 5.41) is 18.4. The zero-order valence-electron chi connectivity index (χ0n) is 10.3. The summed E-state index contributed by atoms with van der Waals surface area (Å²) in [5.74, 6) is 0.0310. The van der Waals surface area contributed by atoms with E-state index in [1.165, 1.54) is 6.07 Å². The Morgan fingerprint density at radius 2 is 2.24 bits per heavy atom. The molecule has 0 aliphatic carbocycles. The maximum Gasteiger partial charge on any atom is 0.269 e. The predicted molar refractivity (Wildman–Crippen MR) is 65.4 cm³/mol. The lowest BCUT2D eigenvalue weighted by atomic mass is 9.83. The molecule has 1 aromatic rings. The van der Waals surface area contributed by atoms with Crippen LogP contribution in [-0.2, 0) is 0 Å². The number of nitrogen functional groups attached to an aromatic ring is 1. The molecule has 0 aliphatic heterocycles. The highest BCUT2D eigenvalue weighted by Gasteiger charge is 2.26. The van der Waals surface area contributed by atoms with Gasteiger partial charge in [0, 0.05) is 18.0 Å². The Kier molecular flexibility index (Phi) is 4.51. The SMILES string of the molecule is CCC(CC)(CO)CNC(=O)c1cc(N)n[nH]1. The van der Waals surface area contributed by atoms with Crippen molar-refractivity contribution in [3.8, 4) is 0 Å². The number of nitrogens with one attached hydrogen (secondary N) is 2. The number of amides is 1. The lowest BCUT2D eigenvalue weighted by Crippen LogP contribution is -2.39. The van der Waals surface area contributed by atoms with Gasteiger partial charge in [-0.25, -0.2) is 0 Å². The highest BCUT2D eigenvalue weighted by atomic mass is 16.3. The molecule has 6 nitrogen and oxygen atoms in total. The maximum atomic E-state index is 11.7. The number of anilines is 1. The van der Waals surface area contributed by atoms with Gasteiger partial charge >= 0.3 is 0 Å². The first kappa shape index (κ1) is 13.5. The monoisotopic (exact) mass is 240 g/mol. The molecule has 0 unspecified atom stereocenters. The third-order valence-electron chi connectivity index (χ3n) is 3.30. The van der Waals surface area contributed by atoms with Crippen LogP contribution in [0.4, 0.5) is 5.82 Å². The zero-order valence-corrected chi connectivity index (χ0v) is 10.3. The molecule has 0 atom stereocenters. The molecule has 1 amide bonds. The fraction of sp³-hybridized carbons (Fsp3) is 0.636. The van der Waals surface area contributed by atoms with Crippen molar-refractivity contribution in [2.75, 3.05) is 18.9 Å². The van der Waals surface area contributed by atoms with E-state index in [4.69, 9.17) is 5.73 Å². The van der Waals surface area contributed by atoms with Crippen molar-refractivity contribution in [2.24, 2.45) is 5.41 Å². The number of aliphatic hydroxyl groups excluding tert-OH is 1. The number of nitrogens with two attached hydrogens (primary N) is 1. The summed E-state index contributed by atoms with van der Waals surface area (Å²) in [4.78, 5) is 11.7. The first-order valence-electron chi connectivity index (χ1n) is 5.77. The highest BCUT2D eigenvalue weighted by molar-refractivity contribution is 5.92. The van der Waals surface area contributed by atoms with Gasteiger partial charge in [-0.2, -0.15) is 5.10 Å². The molecule has 1 rings (SSSR count). The van der Waals surface area contributed by atoms with Crippen molar-refractivity contribution in [2.45, 2.75) is 26.7 Å². The second kappa shape index (κ2) is 5.67. The van der Waals surface area contributed by atoms with Crippen molar-refractivity contribution in [1.82, 2.24) is 15.5 Å². The Labute approximate surface area is 101 Å². The molecular formula is C11H20N4O2. The third-order valence-corrected chi connectivity index (χ3v) is 3.30. The Hall–Kier alpha value is -1.56. The lowest BCUT2D eigenvalue weighted by molar-refractivity contribution is 0.0847. The van der Waals surface area contributed by atoms with Gasteiger partial charge in [-0.1, -0.05) is 13.8 Å². The number of aromatic amines is 1. The third kappa shape index (κ3) is 3.20. The van der Waals surface area contributed by atoms with Crippen molar-refractivity contribution in [3.63, 3.8) is 0 Å². The molecule has 5 N–H and O–H groups in total. The number of nitrogens with zero attached hydrogens (tertiary/aromatic N) is 1. The van der Waals surface area contributed by atoms with E-state index in [9.17, 15) is 9.90 Å². The molecule has 17 heavy (non-hydrogen) atoms. The number of aromatic nitrogens is 2. The van der Waals surface area contributed by atoms with Crippen LogP contribution in [0.15, 0.2) is 6.07 Å². The van der Waals surface area contributed by atoms with E-state index in [0.29, 0.717) is 12.2 Å². The van der Waals surface area contributed by atoms with E-state index < -0.39 is 0 Å². The molecule has 0 saturated heterocycles. The number of carbonyl (C=O) groups excluding carboxylic acids is 1. The molecule has 0 aromatic carbocycles. The van der Waals surface area contributed by atoms with Crippen LogP contribution in [0, 0.1) is 5.41 Å². The van der Waals surface area contributed by atoms with Gasteiger partial charge in [0.2, 0.25) is 0 Å². The van der Waals surface area contributed by atoms with Gasteiger partial charge in [0.1, 0.15) is 11.5 Å². The molecule has 0 saturated carbocycles. The van der Waals surface area contributed by atoms with E-state index in [1.807, 2.05) is 13.8 Å². The molecule has 1 aromatic heterocycles. The Morgan fingerprint density at radius 1 is 1.59 bits per heavy atom. The van der Waals surface area contributed by atoms with Crippen LogP contribution >= 0.6 is 0 Å². The first-order chi connectivity index (χ1) is 8.06. The fourth-order valence-corrected chi connectivity index (χ4v) is 1.60. The molecule has 96 valence electrons. The Balaban J connectivity index is 2.58. The van der Waals surface area contributed by atoms with Crippen LogP contribution in [0.5, 0.6) is 0 Å². The quantitative estimate of drug-likeness (QED) is 0.582. The average Bonchev–Trinajstić information content (AvgIpc) is 2.78. The summed E-state index contributed by atoms with van der Waals surface area (Å²) >= 11 is 0. The topological polar surface area (TPSA) is 104 Å². The van der Waals surface area contributed by atoms with Crippen molar-refractivity contribution < 1.29 is 9.90 Å². The summed E-state index contributed by atoms with van der Waals surface area (Å²) in [7, 11) is 0. The van der Waals surface area contributed by atoms with Gasteiger partial charge in [0.05, 0.1) is 6.61 Å². The van der Waals surface area contributed by atoms with E-state index in [0.717, 1.165) is 12.8 Å². The van der Waals surface area contributed by atoms with Crippen LogP contribution in [0.2, 0.25) is 0 Å². The van der Waals surface area contributed by atoms with Crippen LogP contribution in [0.1, 0.15) is 37.2 Å². The largest absolute Gasteiger partial charge is 0.396 e. The van der Waals surface area contributed by atoms with Gasteiger partial charge in [-0.15, -0.1) is 0 Å². The Bertz CT molecular complexity index is 363. The normalized spacial score (nSPS) is 11.5. The molecule has 0 bridgehead atoms. The molecule has 0 spiro atoms. The van der Waals surface area contributed by atoms with Crippen LogP contribution in [-0.4, -0.2) is 34.4 Å². The van der Waals surface area contributed by atoms with Crippen molar-refractivity contribution in [3.05, 3.63) is 11.8 Å². The van der Waals surface area contributed by atoms with Crippen LogP contribution < -0.4 is 11.1 Å². The lowest BCUT2D eigenvalue weighted by Gasteiger charge is -2.29. The van der Waals surface area contributed by atoms with Crippen molar-refractivity contribution >= 4 is 11.7 Å². The number of carbonyl (C=O) groups is 1. The molecule has 0 aliphatic rings. The van der Waals surface area contributed by atoms with Gasteiger partial charge < -0.3 is 16.2 Å². The maximum absolute atomic E-state index is 11.7. The summed E-state index contributed by atoms with van der Waals surface area (Å²) in [6.07, 6.45) is 1.62. The first-order valence-corrected chi connectivity index (χ1v) is 5.77. The minimum absolute atomic E-state index is 0.0609. The predicted octanol–water partition coefficient (Wildman–Crippen LogP) is 0.520.